The minimum absolute atomic E-state index is 0.178. The van der Waals surface area contributed by atoms with Crippen molar-refractivity contribution in [2.45, 2.75) is 76.2 Å². The van der Waals surface area contributed by atoms with Crippen LogP contribution in [0.25, 0.3) is 0 Å². The Morgan fingerprint density at radius 3 is 2.48 bits per heavy atom. The molecule has 2 saturated heterocycles. The van der Waals surface area contributed by atoms with Gasteiger partial charge in [0.15, 0.2) is 9.84 Å². The number of carbonyl (C=O) groups is 4. The Labute approximate surface area is 234 Å². The number of sulfone groups is 1. The Morgan fingerprint density at radius 1 is 1.05 bits per heavy atom. The molecule has 1 aromatic rings. The number of fused-ring (bicyclic) bond motifs is 2. The maximum atomic E-state index is 13.9. The van der Waals surface area contributed by atoms with Crippen LogP contribution in [0.15, 0.2) is 24.3 Å². The first-order valence-electron chi connectivity index (χ1n) is 13.5. The van der Waals surface area contributed by atoms with Crippen LogP contribution in [0.3, 0.4) is 0 Å². The van der Waals surface area contributed by atoms with E-state index in [-0.39, 0.29) is 31.1 Å². The lowest BCUT2D eigenvalue weighted by Gasteiger charge is -2.39. The number of ether oxygens (including phenoxy) is 2. The first kappa shape index (κ1) is 29.6. The molecule has 0 saturated carbocycles. The van der Waals surface area contributed by atoms with Crippen molar-refractivity contribution in [3.63, 3.8) is 0 Å². The van der Waals surface area contributed by atoms with Gasteiger partial charge in [-0.1, -0.05) is 18.2 Å². The zero-order chi connectivity index (χ0) is 29.2. The summed E-state index contributed by atoms with van der Waals surface area (Å²) in [5.41, 5.74) is 0.0410. The van der Waals surface area contributed by atoms with Gasteiger partial charge in [-0.3, -0.25) is 14.4 Å². The maximum Gasteiger partial charge on any atom is 0.408 e. The van der Waals surface area contributed by atoms with E-state index in [2.05, 4.69) is 10.6 Å². The van der Waals surface area contributed by atoms with Crippen molar-refractivity contribution < 1.29 is 37.1 Å². The van der Waals surface area contributed by atoms with E-state index in [1.165, 1.54) is 9.80 Å². The molecule has 0 aliphatic carbocycles. The van der Waals surface area contributed by atoms with Gasteiger partial charge in [0.2, 0.25) is 17.7 Å². The third-order valence-electron chi connectivity index (χ3n) is 7.20. The van der Waals surface area contributed by atoms with Gasteiger partial charge in [-0.15, -0.1) is 0 Å². The summed E-state index contributed by atoms with van der Waals surface area (Å²) in [5, 5.41) is 5.65. The lowest BCUT2D eigenvalue weighted by Crippen LogP contribution is -2.61. The number of carbonyl (C=O) groups excluding carboxylic acids is 4. The zero-order valence-corrected chi connectivity index (χ0v) is 24.2. The highest BCUT2D eigenvalue weighted by Crippen LogP contribution is 2.34. The van der Waals surface area contributed by atoms with Crippen molar-refractivity contribution >= 4 is 33.7 Å². The summed E-state index contributed by atoms with van der Waals surface area (Å²) in [6, 6.07) is 4.90. The number of alkyl carbamates (subject to hydrolysis) is 1. The lowest BCUT2D eigenvalue weighted by atomic mass is 10.00. The number of hydrogen-bond acceptors (Lipinski definition) is 8. The van der Waals surface area contributed by atoms with Gasteiger partial charge < -0.3 is 29.9 Å². The van der Waals surface area contributed by atoms with Crippen LogP contribution in [0, 0.1) is 0 Å². The van der Waals surface area contributed by atoms with Crippen LogP contribution in [0.1, 0.15) is 58.1 Å². The van der Waals surface area contributed by atoms with Crippen molar-refractivity contribution in [3.05, 3.63) is 29.8 Å². The number of rotatable bonds is 5. The fourth-order valence-electron chi connectivity index (χ4n) is 5.49. The van der Waals surface area contributed by atoms with Crippen LogP contribution in [0.2, 0.25) is 0 Å². The molecule has 4 amide bonds. The molecule has 220 valence electrons. The number of benzene rings is 1. The first-order valence-corrected chi connectivity index (χ1v) is 15.6. The number of hydrogen-bond donors (Lipinski definition) is 2. The predicted octanol–water partition coefficient (Wildman–Crippen LogP) is 1.16. The normalized spacial score (nSPS) is 25.1. The van der Waals surface area contributed by atoms with Crippen molar-refractivity contribution in [2.75, 3.05) is 31.7 Å². The molecule has 2 fully saturated rings. The van der Waals surface area contributed by atoms with E-state index in [1.807, 2.05) is 24.3 Å². The van der Waals surface area contributed by atoms with E-state index < -0.39 is 51.2 Å². The van der Waals surface area contributed by atoms with Crippen molar-refractivity contribution in [1.82, 2.24) is 20.4 Å². The molecule has 0 spiro atoms. The highest BCUT2D eigenvalue weighted by molar-refractivity contribution is 7.91. The molecule has 40 heavy (non-hydrogen) atoms. The minimum Gasteiger partial charge on any atom is -0.493 e. The Morgan fingerprint density at radius 2 is 1.77 bits per heavy atom. The van der Waals surface area contributed by atoms with Gasteiger partial charge in [0.05, 0.1) is 19.2 Å². The molecule has 12 nitrogen and oxygen atoms in total. The van der Waals surface area contributed by atoms with E-state index in [4.69, 9.17) is 9.47 Å². The largest absolute Gasteiger partial charge is 0.493 e. The van der Waals surface area contributed by atoms with Crippen LogP contribution in [0.4, 0.5) is 4.79 Å². The summed E-state index contributed by atoms with van der Waals surface area (Å²) in [4.78, 5) is 55.8. The number of amides is 4. The van der Waals surface area contributed by atoms with Crippen molar-refractivity contribution in [1.29, 1.82) is 0 Å². The van der Waals surface area contributed by atoms with Crippen LogP contribution in [-0.4, -0.2) is 97.5 Å². The summed E-state index contributed by atoms with van der Waals surface area (Å²) in [5.74, 6) is -1.44. The molecule has 1 aromatic carbocycles. The summed E-state index contributed by atoms with van der Waals surface area (Å²) in [7, 11) is -3.61. The van der Waals surface area contributed by atoms with Gasteiger partial charge in [0.25, 0.3) is 0 Å². The average Bonchev–Trinajstić information content (AvgIpc) is 3.26. The fourth-order valence-corrected chi connectivity index (χ4v) is 6.12. The number of para-hydroxylation sites is 1. The molecule has 13 heteroatoms. The molecular formula is C27H38N4O8S. The Bertz CT molecular complexity index is 1260. The number of nitrogens with one attached hydrogen (secondary N) is 2. The molecule has 3 heterocycles. The molecule has 0 radical (unpaired) electrons. The quantitative estimate of drug-likeness (QED) is 0.528. The third-order valence-corrected chi connectivity index (χ3v) is 7.97. The van der Waals surface area contributed by atoms with Crippen LogP contribution >= 0.6 is 0 Å². The zero-order valence-electron chi connectivity index (χ0n) is 23.3. The van der Waals surface area contributed by atoms with Crippen LogP contribution in [0.5, 0.6) is 5.75 Å². The second kappa shape index (κ2) is 11.6. The highest BCUT2D eigenvalue weighted by atomic mass is 32.2. The van der Waals surface area contributed by atoms with E-state index >= 15 is 0 Å². The van der Waals surface area contributed by atoms with Gasteiger partial charge >= 0.3 is 6.09 Å². The molecular weight excluding hydrogens is 540 g/mol. The minimum atomic E-state index is -3.61. The molecule has 0 unspecified atom stereocenters. The van der Waals surface area contributed by atoms with Crippen molar-refractivity contribution in [2.24, 2.45) is 0 Å². The first-order chi connectivity index (χ1) is 18.7. The Hall–Kier alpha value is -3.35. The van der Waals surface area contributed by atoms with E-state index in [1.54, 1.807) is 20.8 Å². The topological polar surface area (TPSA) is 151 Å². The second-order valence-electron chi connectivity index (χ2n) is 11.6. The SMILES string of the molecule is CC(C)(C)OC(=O)N[C@H]1CN(C(=O)CS(C)(=O)=O)CC[C@H]2CC[C@@H](C(=O)N[C@@H]3CCOc4ccccc43)N2C1=O. The highest BCUT2D eigenvalue weighted by Gasteiger charge is 2.46. The molecule has 0 aromatic heterocycles. The van der Waals surface area contributed by atoms with Crippen LogP contribution < -0.4 is 15.4 Å². The number of nitrogens with zero attached hydrogens (tertiary/aromatic N) is 2. The molecule has 4 rings (SSSR count). The van der Waals surface area contributed by atoms with Gasteiger partial charge in [-0.25, -0.2) is 13.2 Å². The van der Waals surface area contributed by atoms with E-state index in [0.29, 0.717) is 38.0 Å². The third kappa shape index (κ3) is 7.23. The summed E-state index contributed by atoms with van der Waals surface area (Å²) < 4.78 is 34.6. The smallest absolute Gasteiger partial charge is 0.408 e. The monoisotopic (exact) mass is 578 g/mol. The molecule has 3 aliphatic rings. The lowest BCUT2D eigenvalue weighted by molar-refractivity contribution is -0.145. The second-order valence-corrected chi connectivity index (χ2v) is 13.8. The fraction of sp³-hybridized carbons (Fsp3) is 0.630. The molecule has 0 bridgehead atoms. The van der Waals surface area contributed by atoms with Gasteiger partial charge in [-0.2, -0.15) is 0 Å². The van der Waals surface area contributed by atoms with Gasteiger partial charge in [-0.05, 0) is 46.1 Å². The van der Waals surface area contributed by atoms with E-state index in [9.17, 15) is 27.6 Å². The molecule has 3 aliphatic heterocycles. The molecule has 2 N–H and O–H groups in total. The predicted molar refractivity (Wildman–Crippen MR) is 145 cm³/mol. The van der Waals surface area contributed by atoms with Gasteiger partial charge in [0, 0.05) is 30.8 Å². The van der Waals surface area contributed by atoms with E-state index in [0.717, 1.165) is 11.8 Å². The Kier molecular flexibility index (Phi) is 8.62. The van der Waals surface area contributed by atoms with Crippen molar-refractivity contribution in [3.8, 4) is 5.75 Å². The van der Waals surface area contributed by atoms with Gasteiger partial charge in [0.1, 0.15) is 29.2 Å². The average molecular weight is 579 g/mol. The maximum absolute atomic E-state index is 13.9. The standard InChI is InChI=1S/C27H38N4O8S/c1-27(2,3)39-26(35)29-20-15-30(23(32)16-40(4,36)37)13-11-17-9-10-21(31(17)25(20)34)24(33)28-19-12-14-38-22-8-6-5-7-18(19)22/h5-8,17,19-21H,9-16H2,1-4H3,(H,28,33)(H,29,35)/t17-,19-,20+,21+/m1/s1. The van der Waals surface area contributed by atoms with Crippen LogP contribution in [-0.2, 0) is 29.0 Å². The summed E-state index contributed by atoms with van der Waals surface area (Å²) in [6.45, 7) is 5.44. The summed E-state index contributed by atoms with van der Waals surface area (Å²) >= 11 is 0. The summed E-state index contributed by atoms with van der Waals surface area (Å²) in [6.07, 6.45) is 2.04. The Balaban J connectivity index is 1.56. The molecule has 4 atom stereocenters.